The maximum atomic E-state index is 12.5. The van der Waals surface area contributed by atoms with Gasteiger partial charge >= 0.3 is 0 Å². The number of anilines is 1. The molecule has 3 N–H and O–H groups in total. The summed E-state index contributed by atoms with van der Waals surface area (Å²) in [5.41, 5.74) is 6.52. The Morgan fingerprint density at radius 1 is 1.38 bits per heavy atom. The van der Waals surface area contributed by atoms with Crippen LogP contribution in [0.25, 0.3) is 0 Å². The molecule has 6 nitrogen and oxygen atoms in total. The number of carbonyl (C=O) groups is 1. The fourth-order valence-corrected chi connectivity index (χ4v) is 4.01. The Kier molecular flexibility index (Phi) is 3.71. The van der Waals surface area contributed by atoms with Crippen LogP contribution in [-0.2, 0) is 4.79 Å². The van der Waals surface area contributed by atoms with Crippen LogP contribution >= 0.6 is 15.9 Å². The minimum Gasteiger partial charge on any atom is -0.327 e. The van der Waals surface area contributed by atoms with Crippen molar-refractivity contribution in [3.8, 4) is 0 Å². The average Bonchev–Trinajstić information content (AvgIpc) is 3.01. The van der Waals surface area contributed by atoms with Gasteiger partial charge in [-0.1, -0.05) is 0 Å². The Balaban J connectivity index is 1.79. The van der Waals surface area contributed by atoms with E-state index in [1.54, 1.807) is 6.07 Å². The number of nitro benzene ring substituents is 1. The number of amides is 1. The van der Waals surface area contributed by atoms with E-state index in [9.17, 15) is 14.9 Å². The number of hydrogen-bond donors (Lipinski definition) is 2. The lowest BCUT2D eigenvalue weighted by molar-refractivity contribution is -0.384. The van der Waals surface area contributed by atoms with Crippen molar-refractivity contribution in [2.24, 2.45) is 23.5 Å². The first-order valence-electron chi connectivity index (χ1n) is 6.97. The third-order valence-corrected chi connectivity index (χ3v) is 5.39. The normalized spacial score (nSPS) is 30.4. The smallest absolute Gasteiger partial charge is 0.271 e. The Hall–Kier alpha value is -1.47. The molecular formula is C14H16BrN3O3. The summed E-state index contributed by atoms with van der Waals surface area (Å²) < 4.78 is 0.623. The summed E-state index contributed by atoms with van der Waals surface area (Å²) in [5.74, 6) is 0.479. The van der Waals surface area contributed by atoms with Gasteiger partial charge in [0.25, 0.3) is 5.69 Å². The molecule has 2 saturated carbocycles. The monoisotopic (exact) mass is 353 g/mol. The molecule has 1 amide bonds. The molecule has 0 spiro atoms. The van der Waals surface area contributed by atoms with E-state index in [0.29, 0.717) is 22.0 Å². The zero-order valence-corrected chi connectivity index (χ0v) is 12.9. The molecule has 1 aromatic carbocycles. The van der Waals surface area contributed by atoms with Gasteiger partial charge in [0.2, 0.25) is 5.91 Å². The van der Waals surface area contributed by atoms with E-state index >= 15 is 0 Å². The SMILES string of the molecule is NC1C2CCC(C2)C1C(=O)Nc1cc([N+](=O)[O-])ccc1Br. The number of non-ortho nitro benzene ring substituents is 1. The van der Waals surface area contributed by atoms with Crippen molar-refractivity contribution in [1.82, 2.24) is 0 Å². The Labute approximate surface area is 130 Å². The standard InChI is InChI=1S/C14H16BrN3O3/c15-10-4-3-9(18(20)21)6-11(10)17-14(19)12-7-1-2-8(5-7)13(12)16/h3-4,6-8,12-13H,1-2,5,16H2,(H,17,19). The highest BCUT2D eigenvalue weighted by molar-refractivity contribution is 9.10. The molecule has 0 aromatic heterocycles. The number of nitrogens with zero attached hydrogens (tertiary/aromatic N) is 1. The van der Waals surface area contributed by atoms with Gasteiger partial charge in [0, 0.05) is 22.6 Å². The number of hydrogen-bond acceptors (Lipinski definition) is 4. The van der Waals surface area contributed by atoms with Crippen LogP contribution in [0.2, 0.25) is 0 Å². The van der Waals surface area contributed by atoms with E-state index in [1.807, 2.05) is 0 Å². The third kappa shape index (κ3) is 2.55. The van der Waals surface area contributed by atoms with Crippen LogP contribution in [0.15, 0.2) is 22.7 Å². The van der Waals surface area contributed by atoms with Gasteiger partial charge in [-0.3, -0.25) is 14.9 Å². The van der Waals surface area contributed by atoms with E-state index in [2.05, 4.69) is 21.2 Å². The van der Waals surface area contributed by atoms with Gasteiger partial charge in [0.05, 0.1) is 16.5 Å². The molecule has 4 unspecified atom stereocenters. The number of benzene rings is 1. The second kappa shape index (κ2) is 5.38. The second-order valence-electron chi connectivity index (χ2n) is 5.85. The molecule has 0 saturated heterocycles. The highest BCUT2D eigenvalue weighted by atomic mass is 79.9. The lowest BCUT2D eigenvalue weighted by atomic mass is 9.84. The number of halogens is 1. The largest absolute Gasteiger partial charge is 0.327 e. The Bertz CT molecular complexity index is 605. The van der Waals surface area contributed by atoms with Crippen LogP contribution in [0.5, 0.6) is 0 Å². The van der Waals surface area contributed by atoms with Crippen LogP contribution in [0.3, 0.4) is 0 Å². The highest BCUT2D eigenvalue weighted by Gasteiger charge is 2.49. The summed E-state index contributed by atoms with van der Waals surface area (Å²) in [6.45, 7) is 0. The molecule has 2 bridgehead atoms. The predicted octanol–water partition coefficient (Wildman–Crippen LogP) is 2.67. The summed E-state index contributed by atoms with van der Waals surface area (Å²) in [7, 11) is 0. The van der Waals surface area contributed by atoms with Gasteiger partial charge in [-0.15, -0.1) is 0 Å². The van der Waals surface area contributed by atoms with Gasteiger partial charge in [-0.2, -0.15) is 0 Å². The maximum Gasteiger partial charge on any atom is 0.271 e. The minimum absolute atomic E-state index is 0.0502. The molecule has 7 heteroatoms. The van der Waals surface area contributed by atoms with Crippen molar-refractivity contribution in [3.05, 3.63) is 32.8 Å². The van der Waals surface area contributed by atoms with Crippen LogP contribution in [-0.4, -0.2) is 16.9 Å². The Morgan fingerprint density at radius 3 is 2.71 bits per heavy atom. The zero-order valence-electron chi connectivity index (χ0n) is 11.3. The summed E-state index contributed by atoms with van der Waals surface area (Å²) in [6.07, 6.45) is 3.18. The molecule has 112 valence electrons. The van der Waals surface area contributed by atoms with Gasteiger partial charge in [-0.25, -0.2) is 0 Å². The van der Waals surface area contributed by atoms with Crippen LogP contribution in [0, 0.1) is 27.9 Å². The number of nitro groups is 1. The lowest BCUT2D eigenvalue weighted by Gasteiger charge is -2.27. The van der Waals surface area contributed by atoms with Crippen molar-refractivity contribution < 1.29 is 9.72 Å². The Morgan fingerprint density at radius 2 is 2.10 bits per heavy atom. The minimum atomic E-state index is -0.481. The average molecular weight is 354 g/mol. The number of nitrogens with one attached hydrogen (secondary N) is 1. The summed E-state index contributed by atoms with van der Waals surface area (Å²) in [4.78, 5) is 22.8. The number of rotatable bonds is 3. The van der Waals surface area contributed by atoms with Crippen molar-refractivity contribution in [3.63, 3.8) is 0 Å². The van der Waals surface area contributed by atoms with Gasteiger partial charge < -0.3 is 11.1 Å². The topological polar surface area (TPSA) is 98.3 Å². The first-order valence-corrected chi connectivity index (χ1v) is 7.77. The number of nitrogens with two attached hydrogens (primary N) is 1. The highest BCUT2D eigenvalue weighted by Crippen LogP contribution is 2.48. The van der Waals surface area contributed by atoms with E-state index in [1.165, 1.54) is 12.1 Å². The van der Waals surface area contributed by atoms with Crippen molar-refractivity contribution in [2.45, 2.75) is 25.3 Å². The van der Waals surface area contributed by atoms with Crippen molar-refractivity contribution in [1.29, 1.82) is 0 Å². The molecule has 0 radical (unpaired) electrons. The van der Waals surface area contributed by atoms with Gasteiger partial charge in [0.1, 0.15) is 0 Å². The quantitative estimate of drug-likeness (QED) is 0.644. The van der Waals surface area contributed by atoms with E-state index in [0.717, 1.165) is 19.3 Å². The van der Waals surface area contributed by atoms with E-state index in [4.69, 9.17) is 5.73 Å². The second-order valence-corrected chi connectivity index (χ2v) is 6.70. The molecule has 3 rings (SSSR count). The zero-order chi connectivity index (χ0) is 15.1. The van der Waals surface area contributed by atoms with E-state index in [-0.39, 0.29) is 23.6 Å². The summed E-state index contributed by atoms with van der Waals surface area (Å²) in [6, 6.07) is 4.22. The third-order valence-electron chi connectivity index (χ3n) is 4.70. The molecular weight excluding hydrogens is 338 g/mol. The first kappa shape index (κ1) is 14.5. The van der Waals surface area contributed by atoms with Crippen LogP contribution < -0.4 is 11.1 Å². The first-order chi connectivity index (χ1) is 9.97. The molecule has 2 aliphatic rings. The fourth-order valence-electron chi connectivity index (χ4n) is 3.66. The van der Waals surface area contributed by atoms with Crippen molar-refractivity contribution in [2.75, 3.05) is 5.32 Å². The summed E-state index contributed by atoms with van der Waals surface area (Å²) in [5, 5.41) is 13.6. The van der Waals surface area contributed by atoms with Gasteiger partial charge in [-0.05, 0) is 53.1 Å². The fraction of sp³-hybridized carbons (Fsp3) is 0.500. The molecule has 0 aliphatic heterocycles. The van der Waals surface area contributed by atoms with Crippen LogP contribution in [0.1, 0.15) is 19.3 Å². The van der Waals surface area contributed by atoms with Gasteiger partial charge in [0.15, 0.2) is 0 Å². The molecule has 1 aromatic rings. The lowest BCUT2D eigenvalue weighted by Crippen LogP contribution is -2.42. The molecule has 4 atom stereocenters. The van der Waals surface area contributed by atoms with E-state index < -0.39 is 4.92 Å². The number of fused-ring (bicyclic) bond motifs is 2. The maximum absolute atomic E-state index is 12.5. The molecule has 21 heavy (non-hydrogen) atoms. The predicted molar refractivity (Wildman–Crippen MR) is 81.7 cm³/mol. The summed E-state index contributed by atoms with van der Waals surface area (Å²) >= 11 is 3.30. The molecule has 2 aliphatic carbocycles. The molecule has 2 fully saturated rings. The van der Waals surface area contributed by atoms with Crippen LogP contribution in [0.4, 0.5) is 11.4 Å². The molecule has 0 heterocycles. The number of carbonyl (C=O) groups excluding carboxylic acids is 1. The van der Waals surface area contributed by atoms with Crippen molar-refractivity contribution >= 4 is 33.2 Å².